The topological polar surface area (TPSA) is 96.7 Å². The van der Waals surface area contributed by atoms with Crippen LogP contribution in [-0.4, -0.2) is 27.6 Å². The van der Waals surface area contributed by atoms with Gasteiger partial charge in [0.1, 0.15) is 0 Å². The maximum atomic E-state index is 12.1. The van der Waals surface area contributed by atoms with E-state index in [4.69, 9.17) is 5.73 Å². The van der Waals surface area contributed by atoms with Gasteiger partial charge >= 0.3 is 6.18 Å². The lowest BCUT2D eigenvalue weighted by molar-refractivity contribution is -0.144. The van der Waals surface area contributed by atoms with Gasteiger partial charge in [-0.05, 0) is 13.0 Å². The number of anilines is 1. The monoisotopic (exact) mass is 273 g/mol. The average Bonchev–Trinajstić information content (AvgIpc) is 2.62. The molecular formula is C7H11ClF3N5O. The molecule has 0 atom stereocenters. The Bertz CT molecular complexity index is 367. The number of aromatic nitrogens is 3. The third-order valence-corrected chi connectivity index (χ3v) is 1.61. The number of hydrogen-bond acceptors (Lipinski definition) is 4. The largest absolute Gasteiger partial charge is 0.451 e. The van der Waals surface area contributed by atoms with Gasteiger partial charge in [-0.2, -0.15) is 18.2 Å². The van der Waals surface area contributed by atoms with Crippen LogP contribution in [0.5, 0.6) is 0 Å². The highest BCUT2D eigenvalue weighted by Crippen LogP contribution is 2.26. The third-order valence-electron chi connectivity index (χ3n) is 1.61. The molecule has 1 amide bonds. The number of halogens is 4. The molecule has 98 valence electrons. The standard InChI is InChI=1S/C7H10F3N5O.ClH/c8-7(9,10)5-13-6(15-14-5)12-4(16)2-1-3-11;/h1-3,11H2,(H2,12,13,14,15,16);1H. The van der Waals surface area contributed by atoms with Crippen molar-refractivity contribution < 1.29 is 18.0 Å². The molecule has 0 spiro atoms. The van der Waals surface area contributed by atoms with E-state index in [1.165, 1.54) is 0 Å². The summed E-state index contributed by atoms with van der Waals surface area (Å²) in [7, 11) is 0. The smallest absolute Gasteiger partial charge is 0.330 e. The van der Waals surface area contributed by atoms with Crippen molar-refractivity contribution in [3.05, 3.63) is 5.82 Å². The molecule has 0 saturated carbocycles. The van der Waals surface area contributed by atoms with E-state index in [1.807, 2.05) is 0 Å². The Kier molecular flexibility index (Phi) is 5.89. The Labute approximate surface area is 101 Å². The zero-order valence-electron chi connectivity index (χ0n) is 8.54. The van der Waals surface area contributed by atoms with Crippen molar-refractivity contribution in [2.45, 2.75) is 19.0 Å². The van der Waals surface area contributed by atoms with Gasteiger partial charge in [0.15, 0.2) is 0 Å². The van der Waals surface area contributed by atoms with Crippen LogP contribution in [-0.2, 0) is 11.0 Å². The Morgan fingerprint density at radius 2 is 2.12 bits per heavy atom. The number of rotatable bonds is 4. The molecule has 1 rings (SSSR count). The van der Waals surface area contributed by atoms with E-state index in [0.29, 0.717) is 13.0 Å². The number of hydrogen-bond donors (Lipinski definition) is 3. The highest BCUT2D eigenvalue weighted by Gasteiger charge is 2.35. The summed E-state index contributed by atoms with van der Waals surface area (Å²) < 4.78 is 36.2. The minimum absolute atomic E-state index is 0. The van der Waals surface area contributed by atoms with Crippen molar-refractivity contribution in [2.24, 2.45) is 5.73 Å². The van der Waals surface area contributed by atoms with Crippen molar-refractivity contribution in [1.29, 1.82) is 0 Å². The number of nitrogens with two attached hydrogens (primary N) is 1. The van der Waals surface area contributed by atoms with Gasteiger partial charge in [0.2, 0.25) is 17.7 Å². The van der Waals surface area contributed by atoms with E-state index in [2.05, 4.69) is 15.4 Å². The van der Waals surface area contributed by atoms with Gasteiger partial charge in [0.05, 0.1) is 0 Å². The van der Waals surface area contributed by atoms with Crippen molar-refractivity contribution >= 4 is 24.3 Å². The van der Waals surface area contributed by atoms with Crippen LogP contribution in [0.2, 0.25) is 0 Å². The third kappa shape index (κ3) is 5.00. The van der Waals surface area contributed by atoms with Crippen LogP contribution in [0.15, 0.2) is 0 Å². The van der Waals surface area contributed by atoms with Crippen LogP contribution in [0.3, 0.4) is 0 Å². The summed E-state index contributed by atoms with van der Waals surface area (Å²) in [6.07, 6.45) is -4.04. The SMILES string of the molecule is Cl.NCCCC(=O)Nc1n[nH]c(C(F)(F)F)n1. The first kappa shape index (κ1) is 15.7. The van der Waals surface area contributed by atoms with Gasteiger partial charge in [-0.25, -0.2) is 0 Å². The summed E-state index contributed by atoms with van der Waals surface area (Å²) in [5.74, 6) is -2.12. The van der Waals surface area contributed by atoms with Crippen LogP contribution < -0.4 is 11.1 Å². The highest BCUT2D eigenvalue weighted by molar-refractivity contribution is 5.88. The van der Waals surface area contributed by atoms with Crippen molar-refractivity contribution in [3.63, 3.8) is 0 Å². The molecule has 1 heterocycles. The number of amides is 1. The molecule has 10 heteroatoms. The second kappa shape index (κ2) is 6.40. The van der Waals surface area contributed by atoms with E-state index >= 15 is 0 Å². The second-order valence-corrected chi connectivity index (χ2v) is 2.95. The maximum absolute atomic E-state index is 12.1. The summed E-state index contributed by atoms with van der Waals surface area (Å²) in [4.78, 5) is 14.2. The molecule has 0 aliphatic heterocycles. The van der Waals surface area contributed by atoms with Gasteiger partial charge in [0, 0.05) is 6.42 Å². The number of alkyl halides is 3. The lowest BCUT2D eigenvalue weighted by Crippen LogP contribution is -2.14. The molecule has 4 N–H and O–H groups in total. The average molecular weight is 274 g/mol. The summed E-state index contributed by atoms with van der Waals surface area (Å²) >= 11 is 0. The molecular weight excluding hydrogens is 263 g/mol. The molecule has 0 aliphatic rings. The van der Waals surface area contributed by atoms with E-state index < -0.39 is 23.9 Å². The number of nitrogens with zero attached hydrogens (tertiary/aromatic N) is 2. The molecule has 0 aromatic carbocycles. The van der Waals surface area contributed by atoms with Crippen LogP contribution >= 0.6 is 12.4 Å². The number of carbonyl (C=O) groups excluding carboxylic acids is 1. The first-order valence-electron chi connectivity index (χ1n) is 4.43. The highest BCUT2D eigenvalue weighted by atomic mass is 35.5. The Morgan fingerprint density at radius 1 is 1.47 bits per heavy atom. The van der Waals surface area contributed by atoms with Gasteiger partial charge < -0.3 is 5.73 Å². The van der Waals surface area contributed by atoms with Crippen molar-refractivity contribution in [2.75, 3.05) is 11.9 Å². The van der Waals surface area contributed by atoms with Gasteiger partial charge in [-0.1, -0.05) is 0 Å². The zero-order chi connectivity index (χ0) is 12.2. The minimum atomic E-state index is -4.60. The van der Waals surface area contributed by atoms with Crippen molar-refractivity contribution in [3.8, 4) is 0 Å². The van der Waals surface area contributed by atoms with Crippen LogP contribution in [0.1, 0.15) is 18.7 Å². The predicted molar refractivity (Wildman–Crippen MR) is 55.6 cm³/mol. The Morgan fingerprint density at radius 3 is 2.59 bits per heavy atom. The molecule has 17 heavy (non-hydrogen) atoms. The Hall–Kier alpha value is -1.35. The molecule has 0 aliphatic carbocycles. The van der Waals surface area contributed by atoms with E-state index in [-0.39, 0.29) is 18.8 Å². The van der Waals surface area contributed by atoms with Gasteiger partial charge in [0.25, 0.3) is 0 Å². The number of aromatic amines is 1. The number of nitrogens with one attached hydrogen (secondary N) is 2. The molecule has 0 radical (unpaired) electrons. The quantitative estimate of drug-likeness (QED) is 0.760. The molecule has 6 nitrogen and oxygen atoms in total. The van der Waals surface area contributed by atoms with Crippen LogP contribution in [0.4, 0.5) is 19.1 Å². The normalized spacial score (nSPS) is 10.8. The first-order valence-corrected chi connectivity index (χ1v) is 4.43. The van der Waals surface area contributed by atoms with E-state index in [0.717, 1.165) is 0 Å². The van der Waals surface area contributed by atoms with E-state index in [1.54, 1.807) is 5.10 Å². The zero-order valence-corrected chi connectivity index (χ0v) is 9.36. The summed E-state index contributed by atoms with van der Waals surface area (Å²) in [6.45, 7) is 0.329. The van der Waals surface area contributed by atoms with Crippen LogP contribution in [0.25, 0.3) is 0 Å². The summed E-state index contributed by atoms with van der Waals surface area (Å²) in [5, 5.41) is 7.01. The number of H-pyrrole nitrogens is 1. The summed E-state index contributed by atoms with van der Waals surface area (Å²) in [6, 6.07) is 0. The molecule has 1 aromatic heterocycles. The fourth-order valence-electron chi connectivity index (χ4n) is 0.894. The lowest BCUT2D eigenvalue weighted by atomic mass is 10.3. The fourth-order valence-corrected chi connectivity index (χ4v) is 0.894. The molecule has 0 unspecified atom stereocenters. The van der Waals surface area contributed by atoms with Gasteiger partial charge in [-0.15, -0.1) is 17.5 Å². The molecule has 0 saturated heterocycles. The molecule has 1 aromatic rings. The Balaban J connectivity index is 0.00000256. The minimum Gasteiger partial charge on any atom is -0.330 e. The lowest BCUT2D eigenvalue weighted by Gasteiger charge is -1.99. The molecule has 0 fully saturated rings. The molecule has 0 bridgehead atoms. The number of carbonyl (C=O) groups is 1. The second-order valence-electron chi connectivity index (χ2n) is 2.95. The maximum Gasteiger partial charge on any atom is 0.451 e. The summed E-state index contributed by atoms with van der Waals surface area (Å²) in [5.41, 5.74) is 5.17. The van der Waals surface area contributed by atoms with Gasteiger partial charge in [-0.3, -0.25) is 15.2 Å². The predicted octanol–water partition coefficient (Wildman–Crippen LogP) is 0.923. The van der Waals surface area contributed by atoms with Crippen molar-refractivity contribution in [1.82, 2.24) is 15.2 Å². The van der Waals surface area contributed by atoms with Crippen LogP contribution in [0, 0.1) is 0 Å². The fraction of sp³-hybridized carbons (Fsp3) is 0.571. The first-order chi connectivity index (χ1) is 7.43. The van der Waals surface area contributed by atoms with E-state index in [9.17, 15) is 18.0 Å².